The van der Waals surface area contributed by atoms with Crippen LogP contribution in [0.5, 0.6) is 0 Å². The van der Waals surface area contributed by atoms with E-state index in [1.807, 2.05) is 23.9 Å². The molecule has 0 bridgehead atoms. The molecule has 21 heavy (non-hydrogen) atoms. The Hall–Kier alpha value is -0.540. The van der Waals surface area contributed by atoms with Gasteiger partial charge in [0.05, 0.1) is 0 Å². The van der Waals surface area contributed by atoms with E-state index in [1.165, 1.54) is 29.9 Å². The summed E-state index contributed by atoms with van der Waals surface area (Å²) in [6.07, 6.45) is 3.56. The Morgan fingerprint density at radius 1 is 1.14 bits per heavy atom. The minimum absolute atomic E-state index is 0.146. The highest BCUT2D eigenvalue weighted by Crippen LogP contribution is 2.16. The fourth-order valence-electron chi connectivity index (χ4n) is 2.42. The Morgan fingerprint density at radius 3 is 2.48 bits per heavy atom. The summed E-state index contributed by atoms with van der Waals surface area (Å²) in [6.45, 7) is 8.82. The molecule has 0 aliphatic carbocycles. The molecule has 1 aromatic rings. The first-order valence-corrected chi connectivity index (χ1v) is 9.30. The van der Waals surface area contributed by atoms with Gasteiger partial charge in [-0.3, -0.25) is 0 Å². The fourth-order valence-corrected chi connectivity index (χ4v) is 3.08. The van der Waals surface area contributed by atoms with Gasteiger partial charge < -0.3 is 5.32 Å². The second-order valence-corrected chi connectivity index (χ2v) is 7.48. The molecule has 1 nitrogen and oxygen atoms in total. The lowest BCUT2D eigenvalue weighted by Gasteiger charge is -2.19. The lowest BCUT2D eigenvalue weighted by atomic mass is 9.94. The maximum atomic E-state index is 13.0. The van der Waals surface area contributed by atoms with Crippen molar-refractivity contribution in [1.29, 1.82) is 0 Å². The Morgan fingerprint density at radius 2 is 1.86 bits per heavy atom. The molecule has 1 atom stereocenters. The topological polar surface area (TPSA) is 12.0 Å². The van der Waals surface area contributed by atoms with Gasteiger partial charge in [-0.25, -0.2) is 4.39 Å². The van der Waals surface area contributed by atoms with E-state index in [2.05, 4.69) is 26.1 Å². The molecular weight excluding hydrogens is 281 g/mol. The molecule has 0 aliphatic heterocycles. The van der Waals surface area contributed by atoms with Crippen LogP contribution >= 0.6 is 11.8 Å². The first-order valence-electron chi connectivity index (χ1n) is 8.14. The lowest BCUT2D eigenvalue weighted by molar-refractivity contribution is 0.422. The lowest BCUT2D eigenvalue weighted by Crippen LogP contribution is -2.27. The van der Waals surface area contributed by atoms with Crippen molar-refractivity contribution in [3.63, 3.8) is 0 Å². The number of benzene rings is 1. The van der Waals surface area contributed by atoms with Crippen LogP contribution in [-0.4, -0.2) is 24.6 Å². The first kappa shape index (κ1) is 18.5. The van der Waals surface area contributed by atoms with Gasteiger partial charge in [0, 0.05) is 0 Å². The third-order valence-corrected chi connectivity index (χ3v) is 4.51. The van der Waals surface area contributed by atoms with Crippen molar-refractivity contribution in [1.82, 2.24) is 5.32 Å². The molecule has 1 rings (SSSR count). The van der Waals surface area contributed by atoms with Crippen LogP contribution in [0.1, 0.15) is 39.2 Å². The van der Waals surface area contributed by atoms with Crippen LogP contribution < -0.4 is 5.32 Å². The Bertz CT molecular complexity index is 364. The van der Waals surface area contributed by atoms with Gasteiger partial charge in [-0.1, -0.05) is 32.9 Å². The summed E-state index contributed by atoms with van der Waals surface area (Å²) in [5, 5.41) is 3.58. The zero-order valence-corrected chi connectivity index (χ0v) is 14.5. The van der Waals surface area contributed by atoms with E-state index >= 15 is 0 Å². The highest BCUT2D eigenvalue weighted by atomic mass is 32.2. The van der Waals surface area contributed by atoms with E-state index in [0.29, 0.717) is 11.8 Å². The van der Waals surface area contributed by atoms with Gasteiger partial charge >= 0.3 is 0 Å². The van der Waals surface area contributed by atoms with Gasteiger partial charge in [0.2, 0.25) is 0 Å². The van der Waals surface area contributed by atoms with E-state index in [4.69, 9.17) is 0 Å². The molecular formula is C18H30FNS. The average Bonchev–Trinajstić information content (AvgIpc) is 2.45. The minimum atomic E-state index is -0.146. The van der Waals surface area contributed by atoms with Gasteiger partial charge in [-0.2, -0.15) is 11.8 Å². The molecule has 0 fully saturated rings. The summed E-state index contributed by atoms with van der Waals surface area (Å²) in [4.78, 5) is 0. The van der Waals surface area contributed by atoms with Crippen LogP contribution in [0, 0.1) is 17.7 Å². The molecule has 120 valence electrons. The molecule has 0 aliphatic rings. The van der Waals surface area contributed by atoms with Crippen LogP contribution in [-0.2, 0) is 6.42 Å². The van der Waals surface area contributed by atoms with E-state index in [0.717, 1.165) is 19.5 Å². The number of hydrogen-bond donors (Lipinski definition) is 1. The monoisotopic (exact) mass is 311 g/mol. The summed E-state index contributed by atoms with van der Waals surface area (Å²) in [5.74, 6) is 3.64. The van der Waals surface area contributed by atoms with Crippen molar-refractivity contribution in [2.45, 2.75) is 40.0 Å². The Labute approximate surface area is 134 Å². The van der Waals surface area contributed by atoms with Gasteiger partial charge in [-0.05, 0) is 73.4 Å². The van der Waals surface area contributed by atoms with E-state index in [9.17, 15) is 4.39 Å². The van der Waals surface area contributed by atoms with Gasteiger partial charge in [0.1, 0.15) is 5.82 Å². The largest absolute Gasteiger partial charge is 0.316 e. The van der Waals surface area contributed by atoms with Crippen LogP contribution in [0.15, 0.2) is 24.3 Å². The molecule has 1 unspecified atom stereocenters. The highest BCUT2D eigenvalue weighted by molar-refractivity contribution is 7.99. The average molecular weight is 312 g/mol. The normalized spacial score (nSPS) is 12.8. The van der Waals surface area contributed by atoms with Crippen molar-refractivity contribution < 1.29 is 4.39 Å². The number of rotatable bonds is 11. The minimum Gasteiger partial charge on any atom is -0.316 e. The number of halogens is 1. The van der Waals surface area contributed by atoms with Gasteiger partial charge in [0.15, 0.2) is 0 Å². The summed E-state index contributed by atoms with van der Waals surface area (Å²) in [6, 6.07) is 6.99. The van der Waals surface area contributed by atoms with Crippen LogP contribution in [0.2, 0.25) is 0 Å². The van der Waals surface area contributed by atoms with E-state index < -0.39 is 0 Å². The van der Waals surface area contributed by atoms with E-state index in [-0.39, 0.29) is 5.82 Å². The predicted molar refractivity (Wildman–Crippen MR) is 93.5 cm³/mol. The second kappa shape index (κ2) is 11.1. The summed E-state index contributed by atoms with van der Waals surface area (Å²) in [7, 11) is 0. The number of thioether (sulfide) groups is 1. The summed E-state index contributed by atoms with van der Waals surface area (Å²) < 4.78 is 13.0. The number of nitrogens with one attached hydrogen (secondary N) is 1. The molecule has 0 saturated carbocycles. The standard InChI is InChI=1S/C18H30FNS/c1-4-21-11-5-6-17(14-20-13-15(2)3)12-16-7-9-18(19)10-8-16/h7-10,15,17,20H,4-6,11-14H2,1-3H3. The highest BCUT2D eigenvalue weighted by Gasteiger charge is 2.10. The molecule has 0 spiro atoms. The molecule has 1 aromatic carbocycles. The molecule has 3 heteroatoms. The van der Waals surface area contributed by atoms with Crippen LogP contribution in [0.25, 0.3) is 0 Å². The molecule has 0 saturated heterocycles. The van der Waals surface area contributed by atoms with Gasteiger partial charge in [0.25, 0.3) is 0 Å². The fraction of sp³-hybridized carbons (Fsp3) is 0.667. The zero-order chi connectivity index (χ0) is 15.5. The molecule has 0 amide bonds. The van der Waals surface area contributed by atoms with Crippen molar-refractivity contribution >= 4 is 11.8 Å². The van der Waals surface area contributed by atoms with E-state index in [1.54, 1.807) is 12.1 Å². The Balaban J connectivity index is 2.43. The quantitative estimate of drug-likeness (QED) is 0.591. The molecule has 0 aromatic heterocycles. The van der Waals surface area contributed by atoms with Crippen molar-refractivity contribution in [2.24, 2.45) is 11.8 Å². The van der Waals surface area contributed by atoms with Crippen molar-refractivity contribution in [3.05, 3.63) is 35.6 Å². The first-order chi connectivity index (χ1) is 10.1. The number of hydrogen-bond acceptors (Lipinski definition) is 2. The second-order valence-electron chi connectivity index (χ2n) is 6.09. The summed E-state index contributed by atoms with van der Waals surface area (Å²) in [5.41, 5.74) is 1.25. The zero-order valence-electron chi connectivity index (χ0n) is 13.7. The van der Waals surface area contributed by atoms with Crippen LogP contribution in [0.4, 0.5) is 4.39 Å². The Kier molecular flexibility index (Phi) is 9.77. The molecule has 0 radical (unpaired) electrons. The third-order valence-electron chi connectivity index (χ3n) is 3.53. The van der Waals surface area contributed by atoms with Crippen molar-refractivity contribution in [2.75, 3.05) is 24.6 Å². The molecule has 1 N–H and O–H groups in total. The summed E-state index contributed by atoms with van der Waals surface area (Å²) >= 11 is 2.02. The SMILES string of the molecule is CCSCCCC(CNCC(C)C)Cc1ccc(F)cc1. The van der Waals surface area contributed by atoms with Crippen molar-refractivity contribution in [3.8, 4) is 0 Å². The maximum absolute atomic E-state index is 13.0. The third kappa shape index (κ3) is 9.15. The molecule has 0 heterocycles. The van der Waals surface area contributed by atoms with Crippen LogP contribution in [0.3, 0.4) is 0 Å². The predicted octanol–water partition coefficient (Wildman–Crippen LogP) is 4.76. The van der Waals surface area contributed by atoms with Gasteiger partial charge in [-0.15, -0.1) is 0 Å². The smallest absolute Gasteiger partial charge is 0.123 e. The maximum Gasteiger partial charge on any atom is 0.123 e.